The van der Waals surface area contributed by atoms with Crippen LogP contribution >= 0.6 is 11.8 Å². The fraction of sp³-hybridized carbons (Fsp3) is 1.00. The van der Waals surface area contributed by atoms with Crippen LogP contribution in [0.5, 0.6) is 0 Å². The normalized spacial score (nSPS) is 32.2. The maximum Gasteiger partial charge on any atom is 0.0878 e. The topological polar surface area (TPSA) is 21.3 Å². The number of hydrogen-bond acceptors (Lipinski definition) is 3. The van der Waals surface area contributed by atoms with Crippen molar-refractivity contribution in [3.05, 3.63) is 0 Å². The second-order valence-electron chi connectivity index (χ2n) is 2.91. The Kier molecular flexibility index (Phi) is 3.69. The first kappa shape index (κ1) is 9.36. The minimum Gasteiger partial charge on any atom is -0.382 e. The van der Waals surface area contributed by atoms with Gasteiger partial charge in [0.25, 0.3) is 0 Å². The fourth-order valence-corrected chi connectivity index (χ4v) is 2.65. The Balaban J connectivity index is 2.42. The molecule has 0 saturated carbocycles. The summed E-state index contributed by atoms with van der Waals surface area (Å²) >= 11 is 2.00. The van der Waals surface area contributed by atoms with E-state index in [-0.39, 0.29) is 4.87 Å². The standard InChI is InChI=1S/C8H17NOS/c1-3-8(7-10-2)9-5-4-6-11-8/h9H,3-7H2,1-2H3. The van der Waals surface area contributed by atoms with Gasteiger partial charge < -0.3 is 10.1 Å². The number of rotatable bonds is 3. The number of hydrogen-bond donors (Lipinski definition) is 1. The quantitative estimate of drug-likeness (QED) is 0.702. The zero-order valence-corrected chi connectivity index (χ0v) is 8.17. The molecule has 1 fully saturated rings. The highest BCUT2D eigenvalue weighted by atomic mass is 32.2. The first-order chi connectivity index (χ1) is 5.33. The summed E-state index contributed by atoms with van der Waals surface area (Å²) in [5.74, 6) is 1.27. The third kappa shape index (κ3) is 2.36. The van der Waals surface area contributed by atoms with E-state index in [9.17, 15) is 0 Å². The molecule has 11 heavy (non-hydrogen) atoms. The molecule has 2 nitrogen and oxygen atoms in total. The second kappa shape index (κ2) is 4.33. The molecule has 0 radical (unpaired) electrons. The summed E-state index contributed by atoms with van der Waals surface area (Å²) in [5, 5.41) is 3.52. The molecule has 66 valence electrons. The summed E-state index contributed by atoms with van der Waals surface area (Å²) in [7, 11) is 1.77. The predicted molar refractivity (Wildman–Crippen MR) is 50.0 cm³/mol. The molecule has 1 aliphatic rings. The van der Waals surface area contributed by atoms with Crippen LogP contribution in [0.1, 0.15) is 19.8 Å². The highest BCUT2D eigenvalue weighted by molar-refractivity contribution is 8.00. The Morgan fingerprint density at radius 3 is 2.91 bits per heavy atom. The van der Waals surface area contributed by atoms with E-state index < -0.39 is 0 Å². The number of nitrogens with one attached hydrogen (secondary N) is 1. The van der Waals surface area contributed by atoms with Crippen LogP contribution in [0, 0.1) is 0 Å². The van der Waals surface area contributed by atoms with Gasteiger partial charge in [0.05, 0.1) is 11.5 Å². The van der Waals surface area contributed by atoms with Gasteiger partial charge in [0.2, 0.25) is 0 Å². The van der Waals surface area contributed by atoms with Crippen LogP contribution in [0.2, 0.25) is 0 Å². The lowest BCUT2D eigenvalue weighted by Crippen LogP contribution is -2.48. The lowest BCUT2D eigenvalue weighted by atomic mass is 10.2. The van der Waals surface area contributed by atoms with Crippen LogP contribution < -0.4 is 5.32 Å². The van der Waals surface area contributed by atoms with E-state index >= 15 is 0 Å². The minimum absolute atomic E-state index is 0.215. The monoisotopic (exact) mass is 175 g/mol. The second-order valence-corrected chi connectivity index (χ2v) is 4.39. The van der Waals surface area contributed by atoms with E-state index in [2.05, 4.69) is 12.2 Å². The molecule has 1 atom stereocenters. The summed E-state index contributed by atoms with van der Waals surface area (Å²) in [6.07, 6.45) is 2.43. The van der Waals surface area contributed by atoms with Crippen LogP contribution in [0.25, 0.3) is 0 Å². The number of ether oxygens (including phenoxy) is 1. The summed E-state index contributed by atoms with van der Waals surface area (Å²) in [6, 6.07) is 0. The molecule has 1 saturated heterocycles. The molecule has 0 spiro atoms. The van der Waals surface area contributed by atoms with Gasteiger partial charge in [-0.05, 0) is 25.1 Å². The van der Waals surface area contributed by atoms with Gasteiger partial charge in [0.15, 0.2) is 0 Å². The zero-order chi connectivity index (χ0) is 8.16. The lowest BCUT2D eigenvalue weighted by molar-refractivity contribution is 0.149. The summed E-state index contributed by atoms with van der Waals surface area (Å²) in [4.78, 5) is 0.215. The number of methoxy groups -OCH3 is 1. The van der Waals surface area contributed by atoms with Crippen LogP contribution in [-0.4, -0.2) is 30.9 Å². The van der Waals surface area contributed by atoms with E-state index in [1.165, 1.54) is 12.2 Å². The first-order valence-electron chi connectivity index (χ1n) is 4.21. The van der Waals surface area contributed by atoms with Crippen molar-refractivity contribution in [3.63, 3.8) is 0 Å². The summed E-state index contributed by atoms with van der Waals surface area (Å²) < 4.78 is 5.19. The first-order valence-corrected chi connectivity index (χ1v) is 5.19. The molecule has 0 bridgehead atoms. The molecule has 3 heteroatoms. The third-order valence-corrected chi connectivity index (χ3v) is 3.69. The van der Waals surface area contributed by atoms with Crippen molar-refractivity contribution in [2.75, 3.05) is 26.0 Å². The maximum atomic E-state index is 5.19. The summed E-state index contributed by atoms with van der Waals surface area (Å²) in [6.45, 7) is 4.18. The highest BCUT2D eigenvalue weighted by Crippen LogP contribution is 2.29. The maximum absolute atomic E-state index is 5.19. The van der Waals surface area contributed by atoms with Gasteiger partial charge in [-0.1, -0.05) is 6.92 Å². The van der Waals surface area contributed by atoms with Crippen molar-refractivity contribution < 1.29 is 4.74 Å². The summed E-state index contributed by atoms with van der Waals surface area (Å²) in [5.41, 5.74) is 0. The average Bonchev–Trinajstić information content (AvgIpc) is 2.07. The largest absolute Gasteiger partial charge is 0.382 e. The van der Waals surface area contributed by atoms with E-state index in [0.29, 0.717) is 0 Å². The molecular weight excluding hydrogens is 158 g/mol. The van der Waals surface area contributed by atoms with Crippen molar-refractivity contribution in [1.82, 2.24) is 5.32 Å². The van der Waals surface area contributed by atoms with Gasteiger partial charge in [0, 0.05) is 7.11 Å². The van der Waals surface area contributed by atoms with Gasteiger partial charge in [-0.3, -0.25) is 0 Å². The van der Waals surface area contributed by atoms with Crippen molar-refractivity contribution in [3.8, 4) is 0 Å². The van der Waals surface area contributed by atoms with Gasteiger partial charge >= 0.3 is 0 Å². The average molecular weight is 175 g/mol. The SMILES string of the molecule is CCC1(COC)NCCCS1. The Morgan fingerprint density at radius 2 is 2.45 bits per heavy atom. The van der Waals surface area contributed by atoms with E-state index in [0.717, 1.165) is 19.6 Å². The highest BCUT2D eigenvalue weighted by Gasteiger charge is 2.30. The third-order valence-electron chi connectivity index (χ3n) is 2.10. The molecule has 1 aliphatic heterocycles. The molecular formula is C8H17NOS. The van der Waals surface area contributed by atoms with Crippen molar-refractivity contribution in [2.24, 2.45) is 0 Å². The van der Waals surface area contributed by atoms with E-state index in [1.807, 2.05) is 11.8 Å². The van der Waals surface area contributed by atoms with Crippen molar-refractivity contribution >= 4 is 11.8 Å². The molecule has 0 amide bonds. The Morgan fingerprint density at radius 1 is 1.64 bits per heavy atom. The van der Waals surface area contributed by atoms with Crippen LogP contribution in [0.4, 0.5) is 0 Å². The minimum atomic E-state index is 0.215. The Bertz CT molecular complexity index is 107. The molecule has 1 heterocycles. The van der Waals surface area contributed by atoms with Gasteiger partial charge in [0.1, 0.15) is 0 Å². The van der Waals surface area contributed by atoms with E-state index in [1.54, 1.807) is 7.11 Å². The number of thioether (sulfide) groups is 1. The van der Waals surface area contributed by atoms with Gasteiger partial charge in [-0.15, -0.1) is 11.8 Å². The smallest absolute Gasteiger partial charge is 0.0878 e. The Hall–Kier alpha value is 0.270. The Labute approximate surface area is 73.1 Å². The van der Waals surface area contributed by atoms with E-state index in [4.69, 9.17) is 4.74 Å². The lowest BCUT2D eigenvalue weighted by Gasteiger charge is -2.36. The molecule has 1 N–H and O–H groups in total. The molecule has 0 aromatic carbocycles. The van der Waals surface area contributed by atoms with Crippen LogP contribution in [-0.2, 0) is 4.74 Å². The molecule has 0 aromatic heterocycles. The van der Waals surface area contributed by atoms with Gasteiger partial charge in [-0.2, -0.15) is 0 Å². The molecule has 1 unspecified atom stereocenters. The van der Waals surface area contributed by atoms with Crippen LogP contribution in [0.3, 0.4) is 0 Å². The van der Waals surface area contributed by atoms with Crippen LogP contribution in [0.15, 0.2) is 0 Å². The molecule has 1 rings (SSSR count). The zero-order valence-electron chi connectivity index (χ0n) is 7.35. The molecule has 0 aromatic rings. The van der Waals surface area contributed by atoms with Crippen molar-refractivity contribution in [1.29, 1.82) is 0 Å². The fourth-order valence-electron chi connectivity index (χ4n) is 1.36. The van der Waals surface area contributed by atoms with Crippen molar-refractivity contribution in [2.45, 2.75) is 24.6 Å². The van der Waals surface area contributed by atoms with Gasteiger partial charge in [-0.25, -0.2) is 0 Å². The predicted octanol–water partition coefficient (Wildman–Crippen LogP) is 1.47. The molecule has 0 aliphatic carbocycles.